The number of ether oxygens (including phenoxy) is 4. The largest absolute Gasteiger partial charge is 0.508 e. The van der Waals surface area contributed by atoms with Crippen LogP contribution in [0.3, 0.4) is 0 Å². The van der Waals surface area contributed by atoms with Gasteiger partial charge in [0.2, 0.25) is 5.79 Å². The van der Waals surface area contributed by atoms with E-state index >= 15 is 0 Å². The molecule has 8 aliphatic rings. The van der Waals surface area contributed by atoms with E-state index in [1.54, 1.807) is 19.1 Å². The highest BCUT2D eigenvalue weighted by molar-refractivity contribution is 5.90. The van der Waals surface area contributed by atoms with Crippen LogP contribution >= 0.6 is 0 Å². The molecule has 5 aliphatic carbocycles. The molecule has 2 aromatic rings. The van der Waals surface area contributed by atoms with Gasteiger partial charge in [0.05, 0.1) is 44.2 Å². The number of hydrogen-bond acceptors (Lipinski definition) is 9. The summed E-state index contributed by atoms with van der Waals surface area (Å²) in [5.41, 5.74) is 0.884. The number of Topliss-reactive ketones (excluding diaryl/α,β-unsaturated/α-hetero) is 1. The number of carbonyl (C=O) groups is 3. The van der Waals surface area contributed by atoms with Crippen molar-refractivity contribution >= 4 is 17.7 Å². The first-order chi connectivity index (χ1) is 26.6. The number of benzene rings is 2. The molecule has 1 unspecified atom stereocenters. The van der Waals surface area contributed by atoms with Crippen LogP contribution in [0.15, 0.2) is 78.4 Å². The third-order valence-corrected chi connectivity index (χ3v) is 16.9. The van der Waals surface area contributed by atoms with Crippen molar-refractivity contribution in [2.24, 2.45) is 50.7 Å². The Hall–Kier alpha value is -3.79. The number of ketones is 1. The maximum Gasteiger partial charge on any atom is 0.312 e. The molecule has 56 heavy (non-hydrogen) atoms. The van der Waals surface area contributed by atoms with Gasteiger partial charge in [-0.05, 0) is 96.3 Å². The molecule has 1 spiro atoms. The van der Waals surface area contributed by atoms with Gasteiger partial charge in [0, 0.05) is 23.7 Å². The lowest BCUT2D eigenvalue weighted by Gasteiger charge is -2.64. The quantitative estimate of drug-likeness (QED) is 0.223. The van der Waals surface area contributed by atoms with E-state index in [-0.39, 0.29) is 82.6 Å². The predicted octanol–water partition coefficient (Wildman–Crippen LogP) is 7.87. The SMILES string of the molecule is C[C@]1(OC(=O)CC(O)c2ccc(O)cc2)CO[C@@]2(C[C@@H]([C@@H]3CC[C@]45C[C@]34C=C[C@@H]3[C@@]4(C)CC=C6C[C@@H](c7ccccc7)OC[C@]6(C)[C@@H]4CC(=O)[C@]35C)C(=O)O2)C1. The molecule has 13 atom stereocenters. The van der Waals surface area contributed by atoms with Gasteiger partial charge in [-0.25, -0.2) is 0 Å². The number of phenols is 1. The summed E-state index contributed by atoms with van der Waals surface area (Å²) < 4.78 is 24.9. The summed E-state index contributed by atoms with van der Waals surface area (Å²) in [6.07, 6.45) is 11.7. The van der Waals surface area contributed by atoms with E-state index in [2.05, 4.69) is 63.3 Å². The minimum atomic E-state index is -1.18. The number of aliphatic hydroxyl groups excluding tert-OH is 1. The Bertz CT molecular complexity index is 2060. The van der Waals surface area contributed by atoms with Crippen LogP contribution < -0.4 is 0 Å². The van der Waals surface area contributed by atoms with Gasteiger partial charge in [-0.3, -0.25) is 14.4 Å². The van der Waals surface area contributed by atoms with E-state index in [4.69, 9.17) is 18.9 Å². The normalized spacial score (nSPS) is 46.2. The highest BCUT2D eigenvalue weighted by Gasteiger charge is 2.85. The Morgan fingerprint density at radius 3 is 2.52 bits per heavy atom. The summed E-state index contributed by atoms with van der Waals surface area (Å²) in [6, 6.07) is 16.5. The molecule has 9 nitrogen and oxygen atoms in total. The van der Waals surface area contributed by atoms with Gasteiger partial charge in [0.15, 0.2) is 0 Å². The highest BCUT2D eigenvalue weighted by Crippen LogP contribution is 2.89. The zero-order valence-electron chi connectivity index (χ0n) is 32.9. The molecule has 2 N–H and O–H groups in total. The molecular weight excluding hydrogens is 709 g/mol. The van der Waals surface area contributed by atoms with Crippen molar-refractivity contribution in [2.75, 3.05) is 13.2 Å². The molecule has 0 bridgehead atoms. The van der Waals surface area contributed by atoms with Crippen molar-refractivity contribution < 1.29 is 43.5 Å². The molecule has 9 heteroatoms. The number of carbonyl (C=O) groups excluding carboxylic acids is 3. The summed E-state index contributed by atoms with van der Waals surface area (Å²) >= 11 is 0. The second-order valence-electron chi connectivity index (χ2n) is 19.8. The fourth-order valence-electron chi connectivity index (χ4n) is 14.2. The van der Waals surface area contributed by atoms with Crippen LogP contribution in [0.2, 0.25) is 0 Å². The fraction of sp³-hybridized carbons (Fsp3) is 0.596. The maximum absolute atomic E-state index is 15.0. The molecule has 0 radical (unpaired) electrons. The first-order valence-electron chi connectivity index (χ1n) is 20.7. The lowest BCUT2D eigenvalue weighted by Crippen LogP contribution is -2.63. The molecule has 2 aromatic carbocycles. The first-order valence-corrected chi connectivity index (χ1v) is 20.7. The summed E-state index contributed by atoms with van der Waals surface area (Å²) in [5, 5.41) is 20.2. The Balaban J connectivity index is 0.862. The Kier molecular flexibility index (Phi) is 7.76. The number of esters is 2. The van der Waals surface area contributed by atoms with Crippen LogP contribution in [0.1, 0.15) is 109 Å². The van der Waals surface area contributed by atoms with Gasteiger partial charge in [0.25, 0.3) is 0 Å². The summed E-state index contributed by atoms with van der Waals surface area (Å²) in [4.78, 5) is 41.9. The standard InChI is InChI=1S/C47H54O9/c1-41(55-39(51)21-34(49)28-10-12-31(48)13-11-28)24-47(54-26-41)23-32(40(52)56-47)33-15-19-46-25-45(33,46)18-16-36-42(2)17-14-30-20-35(29-8-6-5-7-9-29)53-27-43(30,3)37(42)22-38(50)44(36,46)4/h5-14,16,18,32-37,48-49H,15,17,19-27H2,1-4H3/t32-,33-,34?,35-,36+,37+,41+,42+,43-,44-,45+,46+,47+/m0/s1. The third-order valence-electron chi connectivity index (χ3n) is 16.9. The molecule has 3 aliphatic heterocycles. The van der Waals surface area contributed by atoms with Crippen LogP contribution in [0.25, 0.3) is 0 Å². The topological polar surface area (TPSA) is 129 Å². The summed E-state index contributed by atoms with van der Waals surface area (Å²) in [7, 11) is 0. The van der Waals surface area contributed by atoms with Gasteiger partial charge in [0.1, 0.15) is 17.1 Å². The lowest BCUT2D eigenvalue weighted by atomic mass is 9.39. The number of hydrogen-bond donors (Lipinski definition) is 2. The average Bonchev–Trinajstić information content (AvgIpc) is 3.37. The monoisotopic (exact) mass is 762 g/mol. The molecule has 3 heterocycles. The molecule has 296 valence electrons. The summed E-state index contributed by atoms with van der Waals surface area (Å²) in [6.45, 7) is 9.53. The van der Waals surface area contributed by atoms with Crippen LogP contribution in [0.4, 0.5) is 0 Å². The van der Waals surface area contributed by atoms with E-state index in [0.717, 1.165) is 32.1 Å². The van der Waals surface area contributed by atoms with E-state index in [1.807, 2.05) is 6.07 Å². The number of phenolic OH excluding ortho intramolecular Hbond substituents is 1. The minimum absolute atomic E-state index is 0.0386. The highest BCUT2D eigenvalue weighted by atomic mass is 16.7. The van der Waals surface area contributed by atoms with Crippen LogP contribution in [0.5, 0.6) is 5.75 Å². The van der Waals surface area contributed by atoms with Gasteiger partial charge < -0.3 is 29.2 Å². The lowest BCUT2D eigenvalue weighted by molar-refractivity contribution is -0.192. The van der Waals surface area contributed by atoms with E-state index in [9.17, 15) is 24.6 Å². The molecule has 3 saturated heterocycles. The Morgan fingerprint density at radius 1 is 0.982 bits per heavy atom. The number of aliphatic hydroxyl groups is 1. The van der Waals surface area contributed by atoms with Gasteiger partial charge in [-0.2, -0.15) is 0 Å². The first kappa shape index (κ1) is 36.5. The van der Waals surface area contributed by atoms with Gasteiger partial charge in [-0.1, -0.05) is 87.0 Å². The molecule has 6 fully saturated rings. The van der Waals surface area contributed by atoms with Crippen molar-refractivity contribution in [2.45, 2.75) is 109 Å². The number of fused-ring (bicyclic) bond motifs is 5. The van der Waals surface area contributed by atoms with Gasteiger partial charge in [-0.15, -0.1) is 0 Å². The van der Waals surface area contributed by atoms with Crippen molar-refractivity contribution in [3.63, 3.8) is 0 Å². The van der Waals surface area contributed by atoms with Gasteiger partial charge >= 0.3 is 11.9 Å². The zero-order valence-corrected chi connectivity index (χ0v) is 32.9. The van der Waals surface area contributed by atoms with Crippen molar-refractivity contribution in [1.29, 1.82) is 0 Å². The summed E-state index contributed by atoms with van der Waals surface area (Å²) in [5.74, 6) is -1.64. The minimum Gasteiger partial charge on any atom is -0.508 e. The number of aromatic hydroxyl groups is 1. The zero-order chi connectivity index (χ0) is 39.1. The third kappa shape index (κ3) is 4.86. The Labute approximate surface area is 328 Å². The van der Waals surface area contributed by atoms with Crippen LogP contribution in [-0.4, -0.2) is 52.5 Å². The molecular formula is C47H54O9. The van der Waals surface area contributed by atoms with E-state index in [1.165, 1.54) is 23.3 Å². The maximum atomic E-state index is 15.0. The molecule has 0 amide bonds. The molecule has 3 saturated carbocycles. The number of rotatable bonds is 6. The van der Waals surface area contributed by atoms with E-state index in [0.29, 0.717) is 30.8 Å². The van der Waals surface area contributed by atoms with E-state index < -0.39 is 28.9 Å². The van der Waals surface area contributed by atoms with Crippen molar-refractivity contribution in [3.05, 3.63) is 89.5 Å². The number of allylic oxidation sites excluding steroid dienone is 3. The van der Waals surface area contributed by atoms with Crippen molar-refractivity contribution in [1.82, 2.24) is 0 Å². The average molecular weight is 763 g/mol. The van der Waals surface area contributed by atoms with Crippen LogP contribution in [-0.2, 0) is 33.3 Å². The second-order valence-corrected chi connectivity index (χ2v) is 19.8. The predicted molar refractivity (Wildman–Crippen MR) is 204 cm³/mol. The molecule has 10 rings (SSSR count). The molecule has 0 aromatic heterocycles. The second kappa shape index (κ2) is 11.9. The smallest absolute Gasteiger partial charge is 0.312 e. The van der Waals surface area contributed by atoms with Crippen LogP contribution in [0, 0.1) is 50.7 Å². The van der Waals surface area contributed by atoms with Crippen molar-refractivity contribution in [3.8, 4) is 5.75 Å². The fourth-order valence-corrected chi connectivity index (χ4v) is 14.2. The Morgan fingerprint density at radius 2 is 1.75 bits per heavy atom.